The number of hydrogen-bond donors (Lipinski definition) is 1. The van der Waals surface area contributed by atoms with Crippen molar-refractivity contribution in [3.05, 3.63) is 95.1 Å². The molecule has 2 aliphatic heterocycles. The highest BCUT2D eigenvalue weighted by Gasteiger charge is 2.47. The zero-order valence-corrected chi connectivity index (χ0v) is 21.3. The van der Waals surface area contributed by atoms with Crippen LogP contribution in [-0.2, 0) is 9.59 Å². The monoisotopic (exact) mass is 496 g/mol. The number of amides is 1. The Balaban J connectivity index is 1.60. The molecule has 1 amide bonds. The van der Waals surface area contributed by atoms with Crippen LogP contribution in [-0.4, -0.2) is 36.5 Å². The molecule has 1 unspecified atom stereocenters. The first-order valence-electron chi connectivity index (χ1n) is 12.9. The third kappa shape index (κ3) is 4.84. The molecule has 0 saturated carbocycles. The van der Waals surface area contributed by atoms with Gasteiger partial charge in [0, 0.05) is 30.0 Å². The normalized spacial score (nSPS) is 19.0. The Morgan fingerprint density at radius 2 is 1.65 bits per heavy atom. The average Bonchev–Trinajstić information content (AvgIpc) is 3.55. The standard InChI is InChI=1S/C31H32N2O4/c1-3-18-37-26-11-7-10-23(20-26)29(34)27-28(22-9-6-8-21(2)19-22)33(31(36)30(27)35)25-14-12-24(13-15-25)32-16-4-5-17-32/h6-15,19-20,28,34H,3-5,16-18H2,1-2H3/b29-27+. The Kier molecular flexibility index (Phi) is 6.99. The number of aliphatic hydroxyl groups excluding tert-OH is 1. The number of ketones is 1. The highest BCUT2D eigenvalue weighted by atomic mass is 16.5. The molecule has 0 spiro atoms. The first-order valence-corrected chi connectivity index (χ1v) is 12.9. The average molecular weight is 497 g/mol. The first kappa shape index (κ1) is 24.6. The maximum atomic E-state index is 13.5. The summed E-state index contributed by atoms with van der Waals surface area (Å²) in [6.45, 7) is 6.58. The lowest BCUT2D eigenvalue weighted by molar-refractivity contribution is -0.132. The number of carbonyl (C=O) groups is 2. The molecule has 2 fully saturated rings. The molecular weight excluding hydrogens is 464 g/mol. The first-order chi connectivity index (χ1) is 18.0. The van der Waals surface area contributed by atoms with Gasteiger partial charge < -0.3 is 14.7 Å². The van der Waals surface area contributed by atoms with Gasteiger partial charge in [0.2, 0.25) is 0 Å². The third-order valence-corrected chi connectivity index (χ3v) is 6.98. The van der Waals surface area contributed by atoms with Crippen LogP contribution >= 0.6 is 0 Å². The summed E-state index contributed by atoms with van der Waals surface area (Å²) in [4.78, 5) is 30.8. The van der Waals surface area contributed by atoms with Crippen molar-refractivity contribution in [2.24, 2.45) is 0 Å². The maximum absolute atomic E-state index is 13.5. The van der Waals surface area contributed by atoms with Crippen LogP contribution in [0.25, 0.3) is 5.76 Å². The molecule has 1 N–H and O–H groups in total. The predicted molar refractivity (Wildman–Crippen MR) is 146 cm³/mol. The number of aliphatic hydroxyl groups is 1. The number of ether oxygens (including phenoxy) is 1. The van der Waals surface area contributed by atoms with E-state index in [4.69, 9.17) is 4.74 Å². The molecule has 37 heavy (non-hydrogen) atoms. The van der Waals surface area contributed by atoms with Crippen molar-refractivity contribution in [2.45, 2.75) is 39.2 Å². The molecule has 0 bridgehead atoms. The van der Waals surface area contributed by atoms with E-state index in [1.54, 1.807) is 18.2 Å². The predicted octanol–water partition coefficient (Wildman–Crippen LogP) is 6.01. The topological polar surface area (TPSA) is 70.1 Å². The molecule has 190 valence electrons. The molecule has 0 radical (unpaired) electrons. The van der Waals surface area contributed by atoms with Crippen LogP contribution < -0.4 is 14.5 Å². The Morgan fingerprint density at radius 1 is 0.946 bits per heavy atom. The number of anilines is 2. The molecule has 3 aromatic carbocycles. The van der Waals surface area contributed by atoms with Crippen LogP contribution in [0.2, 0.25) is 0 Å². The van der Waals surface area contributed by atoms with Crippen molar-refractivity contribution >= 4 is 28.8 Å². The van der Waals surface area contributed by atoms with Crippen LogP contribution in [0, 0.1) is 6.92 Å². The summed E-state index contributed by atoms with van der Waals surface area (Å²) in [5, 5.41) is 11.4. The molecule has 2 heterocycles. The van der Waals surface area contributed by atoms with Gasteiger partial charge in [-0.15, -0.1) is 0 Å². The Bertz CT molecular complexity index is 1340. The van der Waals surface area contributed by atoms with Gasteiger partial charge in [0.25, 0.3) is 11.7 Å². The summed E-state index contributed by atoms with van der Waals surface area (Å²) >= 11 is 0. The van der Waals surface area contributed by atoms with Gasteiger partial charge in [-0.2, -0.15) is 0 Å². The van der Waals surface area contributed by atoms with Crippen LogP contribution in [0.1, 0.15) is 48.9 Å². The van der Waals surface area contributed by atoms with Gasteiger partial charge in [0.1, 0.15) is 11.5 Å². The van der Waals surface area contributed by atoms with Crippen LogP contribution in [0.5, 0.6) is 5.75 Å². The number of Topliss-reactive ketones (excluding diaryl/α,β-unsaturated/α-hetero) is 1. The Hall–Kier alpha value is -4.06. The summed E-state index contributed by atoms with van der Waals surface area (Å²) in [6.07, 6.45) is 3.20. The molecule has 6 heteroatoms. The zero-order valence-electron chi connectivity index (χ0n) is 21.3. The molecule has 0 aromatic heterocycles. The van der Waals surface area contributed by atoms with E-state index >= 15 is 0 Å². The van der Waals surface area contributed by atoms with E-state index in [1.165, 1.54) is 17.7 Å². The highest BCUT2D eigenvalue weighted by molar-refractivity contribution is 6.51. The summed E-state index contributed by atoms with van der Waals surface area (Å²) in [5.41, 5.74) is 4.01. The van der Waals surface area contributed by atoms with E-state index in [-0.39, 0.29) is 11.3 Å². The number of nitrogens with zero attached hydrogens (tertiary/aromatic N) is 2. The highest BCUT2D eigenvalue weighted by Crippen LogP contribution is 2.43. The molecule has 2 saturated heterocycles. The van der Waals surface area contributed by atoms with Crippen LogP contribution in [0.15, 0.2) is 78.4 Å². The molecule has 1 atom stereocenters. The fourth-order valence-corrected chi connectivity index (χ4v) is 5.16. The fourth-order valence-electron chi connectivity index (χ4n) is 5.16. The van der Waals surface area contributed by atoms with Gasteiger partial charge in [-0.1, -0.05) is 48.9 Å². The SMILES string of the molecule is CCCOc1cccc(/C(O)=C2\C(=O)C(=O)N(c3ccc(N4CCCC4)cc3)C2c2cccc(C)c2)c1. The second-order valence-corrected chi connectivity index (χ2v) is 9.67. The minimum Gasteiger partial charge on any atom is -0.507 e. The number of carbonyl (C=O) groups excluding carboxylic acids is 2. The van der Waals surface area contributed by atoms with Crippen LogP contribution in [0.4, 0.5) is 11.4 Å². The van der Waals surface area contributed by atoms with Gasteiger partial charge >= 0.3 is 0 Å². The van der Waals surface area contributed by atoms with Gasteiger partial charge in [-0.05, 0) is 68.1 Å². The van der Waals surface area contributed by atoms with Crippen molar-refractivity contribution in [3.63, 3.8) is 0 Å². The van der Waals surface area contributed by atoms with E-state index < -0.39 is 17.7 Å². The molecule has 3 aromatic rings. The Labute approximate surface area is 217 Å². The van der Waals surface area contributed by atoms with E-state index in [0.29, 0.717) is 23.6 Å². The second-order valence-electron chi connectivity index (χ2n) is 9.67. The number of aryl methyl sites for hydroxylation is 1. The van der Waals surface area contributed by atoms with Gasteiger partial charge in [0.05, 0.1) is 18.2 Å². The van der Waals surface area contributed by atoms with Gasteiger partial charge in [0.15, 0.2) is 0 Å². The molecular formula is C31H32N2O4. The van der Waals surface area contributed by atoms with Crippen molar-refractivity contribution in [2.75, 3.05) is 29.5 Å². The second kappa shape index (κ2) is 10.5. The lowest BCUT2D eigenvalue weighted by Crippen LogP contribution is -2.29. The Morgan fingerprint density at radius 3 is 2.35 bits per heavy atom. The minimum absolute atomic E-state index is 0.0758. The third-order valence-electron chi connectivity index (χ3n) is 6.98. The number of rotatable bonds is 7. The van der Waals surface area contributed by atoms with E-state index in [1.807, 2.05) is 68.4 Å². The number of benzene rings is 3. The summed E-state index contributed by atoms with van der Waals surface area (Å²) in [5.74, 6) is -0.958. The molecule has 0 aliphatic carbocycles. The quantitative estimate of drug-likeness (QED) is 0.246. The fraction of sp³-hybridized carbons (Fsp3) is 0.290. The van der Waals surface area contributed by atoms with E-state index in [0.717, 1.165) is 36.3 Å². The largest absolute Gasteiger partial charge is 0.507 e. The van der Waals surface area contributed by atoms with Crippen LogP contribution in [0.3, 0.4) is 0 Å². The van der Waals surface area contributed by atoms with Crippen molar-refractivity contribution < 1.29 is 19.4 Å². The van der Waals surface area contributed by atoms with Gasteiger partial charge in [-0.3, -0.25) is 14.5 Å². The summed E-state index contributed by atoms with van der Waals surface area (Å²) in [7, 11) is 0. The summed E-state index contributed by atoms with van der Waals surface area (Å²) in [6, 6.07) is 21.8. The van der Waals surface area contributed by atoms with Crippen molar-refractivity contribution in [1.82, 2.24) is 0 Å². The van der Waals surface area contributed by atoms with Crippen molar-refractivity contribution in [1.29, 1.82) is 0 Å². The molecule has 2 aliphatic rings. The molecule has 6 nitrogen and oxygen atoms in total. The lowest BCUT2D eigenvalue weighted by atomic mass is 9.94. The van der Waals surface area contributed by atoms with E-state index in [2.05, 4.69) is 4.90 Å². The molecule has 5 rings (SSSR count). The smallest absolute Gasteiger partial charge is 0.300 e. The zero-order chi connectivity index (χ0) is 25.9. The lowest BCUT2D eigenvalue weighted by Gasteiger charge is -2.26. The van der Waals surface area contributed by atoms with Crippen molar-refractivity contribution in [3.8, 4) is 5.75 Å². The minimum atomic E-state index is -0.752. The summed E-state index contributed by atoms with van der Waals surface area (Å²) < 4.78 is 5.73. The van der Waals surface area contributed by atoms with Gasteiger partial charge in [-0.25, -0.2) is 0 Å². The maximum Gasteiger partial charge on any atom is 0.300 e. The number of hydrogen-bond acceptors (Lipinski definition) is 5. The van der Waals surface area contributed by atoms with E-state index in [9.17, 15) is 14.7 Å².